The number of allylic oxidation sites excluding steroid dienone is 1. The third-order valence-corrected chi connectivity index (χ3v) is 2.33. The van der Waals surface area contributed by atoms with Crippen molar-refractivity contribution in [3.05, 3.63) is 41.2 Å². The minimum absolute atomic E-state index is 0.0798. The molecule has 0 heterocycles. The summed E-state index contributed by atoms with van der Waals surface area (Å²) < 4.78 is 13.4. The Balaban J connectivity index is 2.97. The number of carboxylic acids is 1. The van der Waals surface area contributed by atoms with E-state index in [1.165, 1.54) is 0 Å². The predicted molar refractivity (Wildman–Crippen MR) is 66.0 cm³/mol. The van der Waals surface area contributed by atoms with E-state index in [-0.39, 0.29) is 11.3 Å². The first-order valence-corrected chi connectivity index (χ1v) is 5.46. The molecule has 0 radical (unpaired) electrons. The quantitative estimate of drug-likeness (QED) is 0.808. The summed E-state index contributed by atoms with van der Waals surface area (Å²) in [5, 5.41) is 11.1. The molecule has 1 rings (SSSR count). The average molecular weight is 251 g/mol. The van der Waals surface area contributed by atoms with Crippen LogP contribution in [0.25, 0.3) is 0 Å². The summed E-state index contributed by atoms with van der Waals surface area (Å²) in [5.41, 5.74) is 0.241. The summed E-state index contributed by atoms with van der Waals surface area (Å²) in [7, 11) is 0. The second-order valence-corrected chi connectivity index (χ2v) is 3.75. The molecule has 96 valence electrons. The van der Waals surface area contributed by atoms with Gasteiger partial charge in [0.25, 0.3) is 5.91 Å². The zero-order valence-corrected chi connectivity index (χ0v) is 10.2. The van der Waals surface area contributed by atoms with Crippen LogP contribution < -0.4 is 5.32 Å². The lowest BCUT2D eigenvalue weighted by Gasteiger charge is -2.07. The largest absolute Gasteiger partial charge is 0.478 e. The Kier molecular flexibility index (Phi) is 4.59. The third-order valence-electron chi connectivity index (χ3n) is 2.33. The van der Waals surface area contributed by atoms with Crippen molar-refractivity contribution < 1.29 is 19.1 Å². The molecule has 1 aromatic rings. The molecular weight excluding hydrogens is 237 g/mol. The Morgan fingerprint density at radius 1 is 1.44 bits per heavy atom. The number of hydrogen-bond donors (Lipinski definition) is 2. The van der Waals surface area contributed by atoms with E-state index in [9.17, 15) is 14.0 Å². The molecule has 0 spiro atoms. The van der Waals surface area contributed by atoms with Crippen LogP contribution in [0.15, 0.2) is 29.8 Å². The zero-order valence-electron chi connectivity index (χ0n) is 10.2. The molecule has 0 saturated heterocycles. The number of hydrogen-bond acceptors (Lipinski definition) is 2. The molecule has 0 aliphatic carbocycles. The second kappa shape index (κ2) is 5.95. The monoisotopic (exact) mass is 251 g/mol. The van der Waals surface area contributed by atoms with Gasteiger partial charge in [0.2, 0.25) is 0 Å². The van der Waals surface area contributed by atoms with Gasteiger partial charge in [0.1, 0.15) is 5.82 Å². The van der Waals surface area contributed by atoms with E-state index in [2.05, 4.69) is 5.32 Å². The lowest BCUT2D eigenvalue weighted by atomic mass is 10.1. The van der Waals surface area contributed by atoms with Gasteiger partial charge in [-0.25, -0.2) is 9.18 Å². The lowest BCUT2D eigenvalue weighted by Crippen LogP contribution is -2.14. The molecule has 0 atom stereocenters. The van der Waals surface area contributed by atoms with Crippen LogP contribution in [-0.4, -0.2) is 17.0 Å². The standard InChI is InChI=1S/C13H14FNO3/c1-3-4-8(2)12(16)15-11-7-9(13(17)18)5-6-10(11)14/h4-7H,3H2,1-2H3,(H,15,16)(H,17,18)/b8-4+. The van der Waals surface area contributed by atoms with Crippen LogP contribution in [0.5, 0.6) is 0 Å². The lowest BCUT2D eigenvalue weighted by molar-refractivity contribution is -0.112. The Bertz CT molecular complexity index is 509. The number of nitrogens with one attached hydrogen (secondary N) is 1. The van der Waals surface area contributed by atoms with Crippen molar-refractivity contribution in [1.82, 2.24) is 0 Å². The molecule has 1 amide bonds. The number of carboxylic acid groups (broad SMARTS) is 1. The first-order valence-electron chi connectivity index (χ1n) is 5.46. The molecule has 0 aliphatic rings. The predicted octanol–water partition coefficient (Wildman–Crippen LogP) is 2.82. The maximum Gasteiger partial charge on any atom is 0.335 e. The fourth-order valence-electron chi connectivity index (χ4n) is 1.37. The molecule has 0 fully saturated rings. The average Bonchev–Trinajstić information content (AvgIpc) is 2.31. The highest BCUT2D eigenvalue weighted by Gasteiger charge is 2.11. The summed E-state index contributed by atoms with van der Waals surface area (Å²) in [5.74, 6) is -2.29. The van der Waals surface area contributed by atoms with Crippen LogP contribution in [0, 0.1) is 5.82 Å². The minimum Gasteiger partial charge on any atom is -0.478 e. The van der Waals surface area contributed by atoms with Crippen LogP contribution in [0.1, 0.15) is 30.6 Å². The molecule has 0 aliphatic heterocycles. The Morgan fingerprint density at radius 2 is 2.11 bits per heavy atom. The molecule has 0 aromatic heterocycles. The van der Waals surface area contributed by atoms with E-state index >= 15 is 0 Å². The van der Waals surface area contributed by atoms with Crippen LogP contribution in [0.3, 0.4) is 0 Å². The highest BCUT2D eigenvalue weighted by molar-refractivity contribution is 6.03. The Labute approximate surface area is 104 Å². The first-order chi connectivity index (χ1) is 8.45. The van der Waals surface area contributed by atoms with Gasteiger partial charge in [-0.1, -0.05) is 13.0 Å². The summed E-state index contributed by atoms with van der Waals surface area (Å²) in [6, 6.07) is 3.24. The zero-order chi connectivity index (χ0) is 13.7. The molecule has 5 heteroatoms. The van der Waals surface area contributed by atoms with Crippen molar-refractivity contribution in [2.75, 3.05) is 5.32 Å². The molecule has 0 saturated carbocycles. The number of amides is 1. The van der Waals surface area contributed by atoms with Crippen molar-refractivity contribution >= 4 is 17.6 Å². The maximum atomic E-state index is 13.4. The van der Waals surface area contributed by atoms with Crippen LogP contribution in [-0.2, 0) is 4.79 Å². The first kappa shape index (κ1) is 13.9. The molecule has 4 nitrogen and oxygen atoms in total. The van der Waals surface area contributed by atoms with Crippen molar-refractivity contribution in [3.8, 4) is 0 Å². The molecule has 0 unspecified atom stereocenters. The van der Waals surface area contributed by atoms with Gasteiger partial charge in [0, 0.05) is 5.57 Å². The van der Waals surface area contributed by atoms with E-state index in [0.29, 0.717) is 12.0 Å². The third kappa shape index (κ3) is 3.41. The number of rotatable bonds is 4. The summed E-state index contributed by atoms with van der Waals surface area (Å²) >= 11 is 0. The summed E-state index contributed by atoms with van der Waals surface area (Å²) in [6.07, 6.45) is 2.39. The van der Waals surface area contributed by atoms with E-state index in [4.69, 9.17) is 5.11 Å². The van der Waals surface area contributed by atoms with Gasteiger partial charge < -0.3 is 10.4 Å². The number of halogens is 1. The normalized spacial score (nSPS) is 11.2. The van der Waals surface area contributed by atoms with E-state index in [1.807, 2.05) is 6.92 Å². The number of carbonyl (C=O) groups excluding carboxylic acids is 1. The molecule has 18 heavy (non-hydrogen) atoms. The topological polar surface area (TPSA) is 66.4 Å². The number of anilines is 1. The van der Waals surface area contributed by atoms with Gasteiger partial charge in [-0.3, -0.25) is 4.79 Å². The van der Waals surface area contributed by atoms with Gasteiger partial charge in [-0.05, 0) is 31.5 Å². The van der Waals surface area contributed by atoms with E-state index < -0.39 is 17.7 Å². The minimum atomic E-state index is -1.17. The van der Waals surface area contributed by atoms with E-state index in [0.717, 1.165) is 18.2 Å². The van der Waals surface area contributed by atoms with Gasteiger partial charge in [-0.15, -0.1) is 0 Å². The molecule has 0 bridgehead atoms. The summed E-state index contributed by atoms with van der Waals surface area (Å²) in [6.45, 7) is 3.49. The smallest absolute Gasteiger partial charge is 0.335 e. The van der Waals surface area contributed by atoms with E-state index in [1.54, 1.807) is 13.0 Å². The second-order valence-electron chi connectivity index (χ2n) is 3.75. The SMILES string of the molecule is CC/C=C(\C)C(=O)Nc1cc(C(=O)O)ccc1F. The van der Waals surface area contributed by atoms with Gasteiger partial charge >= 0.3 is 5.97 Å². The van der Waals surface area contributed by atoms with Gasteiger partial charge in [-0.2, -0.15) is 0 Å². The van der Waals surface area contributed by atoms with Crippen LogP contribution >= 0.6 is 0 Å². The molecule has 1 aromatic carbocycles. The van der Waals surface area contributed by atoms with Crippen molar-refractivity contribution in [2.45, 2.75) is 20.3 Å². The van der Waals surface area contributed by atoms with Gasteiger partial charge in [0.15, 0.2) is 0 Å². The fraction of sp³-hybridized carbons (Fsp3) is 0.231. The Morgan fingerprint density at radius 3 is 2.67 bits per heavy atom. The number of aromatic carboxylic acids is 1. The van der Waals surface area contributed by atoms with Gasteiger partial charge in [0.05, 0.1) is 11.3 Å². The Hall–Kier alpha value is -2.17. The highest BCUT2D eigenvalue weighted by atomic mass is 19.1. The molecular formula is C13H14FNO3. The van der Waals surface area contributed by atoms with Crippen LogP contribution in [0.2, 0.25) is 0 Å². The van der Waals surface area contributed by atoms with Crippen molar-refractivity contribution in [2.24, 2.45) is 0 Å². The maximum absolute atomic E-state index is 13.4. The van der Waals surface area contributed by atoms with Crippen molar-refractivity contribution in [1.29, 1.82) is 0 Å². The van der Waals surface area contributed by atoms with Crippen molar-refractivity contribution in [3.63, 3.8) is 0 Å². The highest BCUT2D eigenvalue weighted by Crippen LogP contribution is 2.17. The number of carbonyl (C=O) groups is 2. The fourth-order valence-corrected chi connectivity index (χ4v) is 1.37. The van der Waals surface area contributed by atoms with Crippen LogP contribution in [0.4, 0.5) is 10.1 Å². The summed E-state index contributed by atoms with van der Waals surface area (Å²) in [4.78, 5) is 22.4. The molecule has 2 N–H and O–H groups in total. The number of benzene rings is 1.